The van der Waals surface area contributed by atoms with Gasteiger partial charge in [-0.05, 0) is 20.8 Å². The minimum atomic E-state index is -4.78. The van der Waals surface area contributed by atoms with E-state index < -0.39 is 61.6 Å². The van der Waals surface area contributed by atoms with Crippen molar-refractivity contribution in [2.45, 2.75) is 39.1 Å². The summed E-state index contributed by atoms with van der Waals surface area (Å²) in [6, 6.07) is 0. The number of phosphoric ester groups is 3. The Hall–Kier alpha value is 0.290. The van der Waals surface area contributed by atoms with Crippen molar-refractivity contribution in [3.05, 3.63) is 0 Å². The van der Waals surface area contributed by atoms with Gasteiger partial charge in [0.2, 0.25) is 0 Å². The van der Waals surface area contributed by atoms with Crippen molar-refractivity contribution >= 4 is 23.5 Å². The second kappa shape index (κ2) is 10.6. The molecule has 0 rings (SSSR count). The Morgan fingerprint density at radius 3 is 1.44 bits per heavy atom. The van der Waals surface area contributed by atoms with Crippen LogP contribution in [0.1, 0.15) is 20.8 Å². The Labute approximate surface area is 144 Å². The third-order valence-corrected chi connectivity index (χ3v) is 4.98. The van der Waals surface area contributed by atoms with E-state index in [-0.39, 0.29) is 0 Å². The molecular weight excluding hydrogens is 409 g/mol. The molecule has 13 nitrogen and oxygen atoms in total. The summed E-state index contributed by atoms with van der Waals surface area (Å²) in [4.78, 5) is 35.9. The van der Waals surface area contributed by atoms with E-state index in [2.05, 4.69) is 22.6 Å². The van der Waals surface area contributed by atoms with E-state index in [9.17, 15) is 23.5 Å². The molecule has 0 aromatic rings. The number of aliphatic hydroxyl groups excluding tert-OH is 1. The summed E-state index contributed by atoms with van der Waals surface area (Å²) in [5, 5.41) is 8.72. The van der Waals surface area contributed by atoms with Gasteiger partial charge >= 0.3 is 23.5 Å². The molecule has 0 fully saturated rings. The van der Waals surface area contributed by atoms with Gasteiger partial charge < -0.3 is 24.7 Å². The lowest BCUT2D eigenvalue weighted by molar-refractivity contribution is 0.0338. The monoisotopic (exact) mass is 432 g/mol. The van der Waals surface area contributed by atoms with Crippen LogP contribution in [-0.4, -0.2) is 62.8 Å². The minimum absolute atomic E-state index is 0.519. The first kappa shape index (κ1) is 25.3. The first-order valence-electron chi connectivity index (χ1n) is 6.82. The van der Waals surface area contributed by atoms with Crippen molar-refractivity contribution in [3.8, 4) is 0 Å². The molecule has 25 heavy (non-hydrogen) atoms. The molecule has 16 heteroatoms. The Kier molecular flexibility index (Phi) is 10.7. The summed E-state index contributed by atoms with van der Waals surface area (Å²) in [6.07, 6.45) is -3.35. The lowest BCUT2D eigenvalue weighted by Crippen LogP contribution is -2.19. The Morgan fingerprint density at radius 1 is 0.720 bits per heavy atom. The summed E-state index contributed by atoms with van der Waals surface area (Å²) >= 11 is 0. The van der Waals surface area contributed by atoms with Gasteiger partial charge in [-0.1, -0.05) is 0 Å². The zero-order valence-corrected chi connectivity index (χ0v) is 16.4. The number of rotatable bonds is 13. The number of phosphoric acid groups is 3. The van der Waals surface area contributed by atoms with E-state index in [0.29, 0.717) is 0 Å². The van der Waals surface area contributed by atoms with Crippen LogP contribution in [-0.2, 0) is 36.3 Å². The van der Waals surface area contributed by atoms with Crippen molar-refractivity contribution in [2.75, 3.05) is 19.8 Å². The van der Waals surface area contributed by atoms with Gasteiger partial charge in [-0.3, -0.25) is 22.6 Å². The van der Waals surface area contributed by atoms with Gasteiger partial charge in [-0.2, -0.15) is 0 Å². The molecule has 0 spiro atoms. The van der Waals surface area contributed by atoms with Gasteiger partial charge in [0.05, 0.1) is 38.1 Å². The van der Waals surface area contributed by atoms with E-state index in [1.807, 2.05) is 0 Å². The predicted octanol–water partition coefficient (Wildman–Crippen LogP) is 0.521. The normalized spacial score (nSPS) is 21.1. The highest BCUT2D eigenvalue weighted by Crippen LogP contribution is 2.48. The highest BCUT2D eigenvalue weighted by Gasteiger charge is 2.30. The quantitative estimate of drug-likeness (QED) is 0.253. The number of hydrogen-bond acceptors (Lipinski definition) is 9. The second-order valence-electron chi connectivity index (χ2n) is 4.95. The molecule has 0 aliphatic rings. The van der Waals surface area contributed by atoms with Crippen LogP contribution in [0.15, 0.2) is 0 Å². The molecule has 0 saturated heterocycles. The molecule has 152 valence electrons. The lowest BCUT2D eigenvalue weighted by Gasteiger charge is -2.21. The number of aliphatic hydroxyl groups is 1. The summed E-state index contributed by atoms with van der Waals surface area (Å²) in [5.74, 6) is 0. The maximum absolute atomic E-state index is 11.7. The van der Waals surface area contributed by atoms with Crippen molar-refractivity contribution in [1.29, 1.82) is 0 Å². The third kappa shape index (κ3) is 14.1. The second-order valence-corrected chi connectivity index (χ2v) is 8.95. The Bertz CT molecular complexity index is 533. The Morgan fingerprint density at radius 2 is 1.08 bits per heavy atom. The molecule has 2 unspecified atom stereocenters. The lowest BCUT2D eigenvalue weighted by atomic mass is 10.5. The van der Waals surface area contributed by atoms with Crippen LogP contribution in [0.4, 0.5) is 0 Å². The van der Waals surface area contributed by atoms with Crippen LogP contribution < -0.4 is 0 Å². The summed E-state index contributed by atoms with van der Waals surface area (Å²) in [7, 11) is -13.9. The van der Waals surface area contributed by atoms with Crippen LogP contribution in [0.3, 0.4) is 0 Å². The summed E-state index contributed by atoms with van der Waals surface area (Å²) < 4.78 is 56.1. The van der Waals surface area contributed by atoms with E-state index in [4.69, 9.17) is 14.9 Å². The van der Waals surface area contributed by atoms with Gasteiger partial charge in [0.15, 0.2) is 0 Å². The van der Waals surface area contributed by atoms with Crippen LogP contribution in [0.5, 0.6) is 0 Å². The SMILES string of the molecule is C[C@@H](COP(=O)(O)O[C@@H](C)COP(=O)(O)O[C@@H](C)CO)OP(=O)(O)O. The third-order valence-electron chi connectivity index (χ3n) is 2.15. The Balaban J connectivity index is 4.34. The van der Waals surface area contributed by atoms with Crippen LogP contribution in [0, 0.1) is 0 Å². The topological polar surface area (TPSA) is 199 Å². The predicted molar refractivity (Wildman–Crippen MR) is 82.3 cm³/mol. The maximum atomic E-state index is 11.7. The first-order chi connectivity index (χ1) is 11.2. The van der Waals surface area contributed by atoms with Gasteiger partial charge in [-0.25, -0.2) is 13.7 Å². The molecule has 0 amide bonds. The summed E-state index contributed by atoms with van der Waals surface area (Å²) in [6.45, 7) is 1.94. The molecule has 0 aliphatic heterocycles. The molecule has 5 atom stereocenters. The largest absolute Gasteiger partial charge is 0.472 e. The average Bonchev–Trinajstić information content (AvgIpc) is 2.40. The number of hydrogen-bond donors (Lipinski definition) is 5. The highest BCUT2D eigenvalue weighted by atomic mass is 31.2. The molecule has 0 heterocycles. The first-order valence-corrected chi connectivity index (χ1v) is 11.3. The molecule has 0 radical (unpaired) electrons. The minimum Gasteiger partial charge on any atom is -0.394 e. The average molecular weight is 432 g/mol. The standard InChI is InChI=1S/C9H23O13P3/c1-7(4-10)21-24(14,15)19-6-9(3)22-25(16,17)18-5-8(2)20-23(11,12)13/h7-10H,4-6H2,1-3H3,(H,14,15)(H,16,17)(H2,11,12,13)/t7-,8-,9-/m0/s1. The highest BCUT2D eigenvalue weighted by molar-refractivity contribution is 7.47. The molecule has 0 bridgehead atoms. The smallest absolute Gasteiger partial charge is 0.394 e. The summed E-state index contributed by atoms with van der Waals surface area (Å²) in [5.41, 5.74) is 0. The van der Waals surface area contributed by atoms with E-state index in [0.717, 1.165) is 0 Å². The van der Waals surface area contributed by atoms with Gasteiger partial charge in [-0.15, -0.1) is 0 Å². The molecule has 0 aliphatic carbocycles. The molecule has 0 aromatic carbocycles. The van der Waals surface area contributed by atoms with Crippen molar-refractivity contribution in [2.24, 2.45) is 0 Å². The fraction of sp³-hybridized carbons (Fsp3) is 1.00. The van der Waals surface area contributed by atoms with Crippen molar-refractivity contribution in [1.82, 2.24) is 0 Å². The zero-order chi connectivity index (χ0) is 19.9. The fourth-order valence-electron chi connectivity index (χ4n) is 1.24. The van der Waals surface area contributed by atoms with Crippen LogP contribution in [0.2, 0.25) is 0 Å². The van der Waals surface area contributed by atoms with Crippen molar-refractivity contribution in [3.63, 3.8) is 0 Å². The van der Waals surface area contributed by atoms with Crippen LogP contribution >= 0.6 is 23.5 Å². The maximum Gasteiger partial charge on any atom is 0.472 e. The van der Waals surface area contributed by atoms with E-state index >= 15 is 0 Å². The fourth-order valence-corrected chi connectivity index (χ4v) is 3.73. The molecule has 5 N–H and O–H groups in total. The zero-order valence-electron chi connectivity index (χ0n) is 13.7. The van der Waals surface area contributed by atoms with E-state index in [1.54, 1.807) is 0 Å². The van der Waals surface area contributed by atoms with Crippen LogP contribution in [0.25, 0.3) is 0 Å². The van der Waals surface area contributed by atoms with E-state index in [1.165, 1.54) is 20.8 Å². The molecule has 0 aromatic heterocycles. The van der Waals surface area contributed by atoms with Crippen molar-refractivity contribution < 1.29 is 61.0 Å². The molecular formula is C9H23O13P3. The van der Waals surface area contributed by atoms with Gasteiger partial charge in [0.25, 0.3) is 0 Å². The molecule has 0 saturated carbocycles. The van der Waals surface area contributed by atoms with Gasteiger partial charge in [0, 0.05) is 0 Å². The van der Waals surface area contributed by atoms with Gasteiger partial charge in [0.1, 0.15) is 0 Å².